The van der Waals surface area contributed by atoms with Crippen molar-refractivity contribution in [2.75, 3.05) is 6.54 Å². The molecule has 0 aliphatic carbocycles. The van der Waals surface area contributed by atoms with Gasteiger partial charge in [0, 0.05) is 6.54 Å². The molecule has 0 radical (unpaired) electrons. The van der Waals surface area contributed by atoms with Gasteiger partial charge in [-0.25, -0.2) is 4.79 Å². The van der Waals surface area contributed by atoms with E-state index in [0.717, 1.165) is 6.42 Å². The zero-order valence-corrected chi connectivity index (χ0v) is 10.9. The molecule has 0 N–H and O–H groups in total. The maximum atomic E-state index is 11.8. The fourth-order valence-corrected chi connectivity index (χ4v) is 1.90. The monoisotopic (exact) mass is 242 g/mol. The molecule has 1 saturated heterocycles. The summed E-state index contributed by atoms with van der Waals surface area (Å²) < 4.78 is 5.19. The lowest BCUT2D eigenvalue weighted by atomic mass is 9.93. The van der Waals surface area contributed by atoms with Crippen LogP contribution in [0.4, 0.5) is 4.79 Å². The number of hydrogen-bond acceptors (Lipinski definition) is 4. The second kappa shape index (κ2) is 4.94. The normalized spacial score (nSPS) is 25.5. The minimum atomic E-state index is -1.21. The summed E-state index contributed by atoms with van der Waals surface area (Å²) in [4.78, 5) is 24.1. The van der Waals surface area contributed by atoms with Crippen molar-refractivity contribution >= 4 is 12.1 Å². The quantitative estimate of drug-likeness (QED) is 0.681. The fraction of sp³-hybridized carbons (Fsp3) is 0.833. The largest absolute Gasteiger partial charge is 0.548 e. The SMILES string of the molecule is CC1CCN(C(=O)OC(C)(C)C)C(C(=O)[O-])C1. The van der Waals surface area contributed by atoms with E-state index in [9.17, 15) is 14.7 Å². The molecule has 98 valence electrons. The number of rotatable bonds is 1. The number of nitrogens with zero attached hydrogens (tertiary/aromatic N) is 1. The number of ether oxygens (including phenoxy) is 1. The Hall–Kier alpha value is -1.26. The third kappa shape index (κ3) is 3.91. The highest BCUT2D eigenvalue weighted by Gasteiger charge is 2.33. The van der Waals surface area contributed by atoms with Gasteiger partial charge in [0.2, 0.25) is 0 Å². The molecule has 5 nitrogen and oxygen atoms in total. The van der Waals surface area contributed by atoms with Gasteiger partial charge in [0.1, 0.15) is 5.60 Å². The summed E-state index contributed by atoms with van der Waals surface area (Å²) in [6, 6.07) is -0.867. The molecule has 1 aliphatic rings. The van der Waals surface area contributed by atoms with Crippen LogP contribution in [0.15, 0.2) is 0 Å². The number of carbonyl (C=O) groups is 2. The van der Waals surface area contributed by atoms with Crippen LogP contribution < -0.4 is 5.11 Å². The van der Waals surface area contributed by atoms with Crippen LogP contribution in [0.3, 0.4) is 0 Å². The number of aliphatic carboxylic acids is 1. The van der Waals surface area contributed by atoms with Crippen LogP contribution in [0.25, 0.3) is 0 Å². The van der Waals surface area contributed by atoms with Crippen LogP contribution in [-0.4, -0.2) is 35.2 Å². The van der Waals surface area contributed by atoms with Crippen LogP contribution in [0.5, 0.6) is 0 Å². The first-order valence-corrected chi connectivity index (χ1v) is 5.91. The lowest BCUT2D eigenvalue weighted by Gasteiger charge is -2.39. The maximum Gasteiger partial charge on any atom is 0.410 e. The molecule has 5 heteroatoms. The van der Waals surface area contributed by atoms with Crippen LogP contribution in [0, 0.1) is 5.92 Å². The number of carbonyl (C=O) groups excluding carboxylic acids is 2. The smallest absolute Gasteiger partial charge is 0.410 e. The zero-order valence-electron chi connectivity index (χ0n) is 10.9. The lowest BCUT2D eigenvalue weighted by molar-refractivity contribution is -0.312. The summed E-state index contributed by atoms with van der Waals surface area (Å²) in [5.41, 5.74) is -0.614. The Labute approximate surface area is 102 Å². The Morgan fingerprint density at radius 1 is 1.35 bits per heavy atom. The first-order valence-electron chi connectivity index (χ1n) is 5.91. The average molecular weight is 242 g/mol. The van der Waals surface area contributed by atoms with Crippen LogP contribution in [0.1, 0.15) is 40.5 Å². The van der Waals surface area contributed by atoms with Crippen molar-refractivity contribution in [2.24, 2.45) is 5.92 Å². The fourth-order valence-electron chi connectivity index (χ4n) is 1.90. The minimum absolute atomic E-state index is 0.289. The number of carboxylic acids is 1. The molecule has 0 spiro atoms. The predicted octanol–water partition coefficient (Wildman–Crippen LogP) is 0.772. The van der Waals surface area contributed by atoms with E-state index in [4.69, 9.17) is 4.74 Å². The second-order valence-corrected chi connectivity index (χ2v) is 5.64. The van der Waals surface area contributed by atoms with Crippen LogP contribution in [0.2, 0.25) is 0 Å². The Morgan fingerprint density at radius 3 is 2.41 bits per heavy atom. The highest BCUT2D eigenvalue weighted by atomic mass is 16.6. The van der Waals surface area contributed by atoms with Gasteiger partial charge >= 0.3 is 6.09 Å². The third-order valence-electron chi connectivity index (χ3n) is 2.76. The molecule has 1 rings (SSSR count). The Bertz CT molecular complexity index is 308. The summed E-state index contributed by atoms with van der Waals surface area (Å²) >= 11 is 0. The molecule has 1 heterocycles. The van der Waals surface area contributed by atoms with Crippen molar-refractivity contribution in [1.82, 2.24) is 4.90 Å². The topological polar surface area (TPSA) is 69.7 Å². The number of carboxylic acid groups (broad SMARTS) is 1. The van der Waals surface area contributed by atoms with Gasteiger partial charge in [-0.15, -0.1) is 0 Å². The number of hydrogen-bond donors (Lipinski definition) is 0. The van der Waals surface area contributed by atoms with Gasteiger partial charge in [0.05, 0.1) is 12.0 Å². The molecule has 0 saturated carbocycles. The van der Waals surface area contributed by atoms with Crippen LogP contribution >= 0.6 is 0 Å². The molecule has 0 aromatic rings. The van der Waals surface area contributed by atoms with E-state index < -0.39 is 23.7 Å². The second-order valence-electron chi connectivity index (χ2n) is 5.64. The van der Waals surface area contributed by atoms with E-state index in [1.165, 1.54) is 4.90 Å². The van der Waals surface area contributed by atoms with Crippen molar-refractivity contribution in [2.45, 2.75) is 52.2 Å². The molecule has 1 amide bonds. The zero-order chi connectivity index (χ0) is 13.2. The Kier molecular flexibility index (Phi) is 4.01. The van der Waals surface area contributed by atoms with E-state index in [2.05, 4.69) is 0 Å². The Balaban J connectivity index is 2.73. The summed E-state index contributed by atoms with van der Waals surface area (Å²) in [5, 5.41) is 11.0. The molecular formula is C12H20NO4-. The van der Waals surface area contributed by atoms with Gasteiger partial charge in [-0.05, 0) is 39.5 Å². The molecule has 1 fully saturated rings. The lowest BCUT2D eigenvalue weighted by Crippen LogP contribution is -2.55. The first-order chi connectivity index (χ1) is 7.70. The molecule has 0 aromatic carbocycles. The third-order valence-corrected chi connectivity index (χ3v) is 2.76. The number of amides is 1. The molecule has 2 atom stereocenters. The highest BCUT2D eigenvalue weighted by molar-refractivity contribution is 5.79. The minimum Gasteiger partial charge on any atom is -0.548 e. The van der Waals surface area contributed by atoms with Crippen molar-refractivity contribution in [3.05, 3.63) is 0 Å². The molecule has 17 heavy (non-hydrogen) atoms. The van der Waals surface area contributed by atoms with Gasteiger partial charge in [-0.2, -0.15) is 0 Å². The van der Waals surface area contributed by atoms with Gasteiger partial charge in [0.15, 0.2) is 0 Å². The predicted molar refractivity (Wildman–Crippen MR) is 60.1 cm³/mol. The van der Waals surface area contributed by atoms with E-state index in [-0.39, 0.29) is 5.92 Å². The van der Waals surface area contributed by atoms with Gasteiger partial charge < -0.3 is 14.6 Å². The van der Waals surface area contributed by atoms with E-state index in [1.54, 1.807) is 20.8 Å². The summed E-state index contributed by atoms with van der Waals surface area (Å²) in [5.74, 6) is -0.918. The first kappa shape index (κ1) is 13.8. The number of piperidine rings is 1. The Morgan fingerprint density at radius 2 is 1.94 bits per heavy atom. The molecule has 0 bridgehead atoms. The molecular weight excluding hydrogens is 222 g/mol. The highest BCUT2D eigenvalue weighted by Crippen LogP contribution is 2.24. The molecule has 0 aromatic heterocycles. The standard InChI is InChI=1S/C12H21NO4/c1-8-5-6-13(9(7-8)10(14)15)11(16)17-12(2,3)4/h8-9H,5-7H2,1-4H3,(H,14,15)/p-1. The van der Waals surface area contributed by atoms with E-state index in [1.807, 2.05) is 6.92 Å². The maximum absolute atomic E-state index is 11.8. The van der Waals surface area contributed by atoms with Gasteiger partial charge in [0.25, 0.3) is 0 Å². The van der Waals surface area contributed by atoms with Crippen molar-refractivity contribution < 1.29 is 19.4 Å². The van der Waals surface area contributed by atoms with Crippen molar-refractivity contribution in [1.29, 1.82) is 0 Å². The van der Waals surface area contributed by atoms with Crippen molar-refractivity contribution in [3.63, 3.8) is 0 Å². The summed E-state index contributed by atoms with van der Waals surface area (Å²) in [6.07, 6.45) is 0.656. The number of likely N-dealkylation sites (tertiary alicyclic amines) is 1. The van der Waals surface area contributed by atoms with Gasteiger partial charge in [-0.1, -0.05) is 6.92 Å². The summed E-state index contributed by atoms with van der Waals surface area (Å²) in [7, 11) is 0. The summed E-state index contributed by atoms with van der Waals surface area (Å²) in [6.45, 7) is 7.65. The molecule has 1 aliphatic heterocycles. The molecule has 2 unspecified atom stereocenters. The van der Waals surface area contributed by atoms with Crippen molar-refractivity contribution in [3.8, 4) is 0 Å². The van der Waals surface area contributed by atoms with Gasteiger partial charge in [-0.3, -0.25) is 4.90 Å². The van der Waals surface area contributed by atoms with Crippen LogP contribution in [-0.2, 0) is 9.53 Å². The van der Waals surface area contributed by atoms with E-state index >= 15 is 0 Å². The van der Waals surface area contributed by atoms with E-state index in [0.29, 0.717) is 13.0 Å². The average Bonchev–Trinajstić information content (AvgIpc) is 2.14.